The van der Waals surface area contributed by atoms with Crippen LogP contribution in [-0.4, -0.2) is 47.2 Å². The molecule has 214 valence electrons. The number of halogens is 1. The van der Waals surface area contributed by atoms with Gasteiger partial charge in [0.2, 0.25) is 5.91 Å². The highest BCUT2D eigenvalue weighted by molar-refractivity contribution is 7.21. The van der Waals surface area contributed by atoms with Crippen molar-refractivity contribution in [2.24, 2.45) is 0 Å². The number of nitrogens with zero attached hydrogens (tertiary/aromatic N) is 4. The number of thiazole rings is 1. The van der Waals surface area contributed by atoms with Crippen molar-refractivity contribution < 1.29 is 14.3 Å². The highest BCUT2D eigenvalue weighted by Gasteiger charge is 2.47. The number of rotatable bonds is 9. The third kappa shape index (κ3) is 5.26. The van der Waals surface area contributed by atoms with Crippen molar-refractivity contribution in [2.75, 3.05) is 25.7 Å². The van der Waals surface area contributed by atoms with Crippen LogP contribution in [0.1, 0.15) is 55.6 Å². The summed E-state index contributed by atoms with van der Waals surface area (Å²) in [6, 6.07) is 14.9. The zero-order chi connectivity index (χ0) is 28.7. The third-order valence-corrected chi connectivity index (χ3v) is 9.41. The zero-order valence-corrected chi connectivity index (χ0v) is 24.8. The number of amides is 1. The Balaban J connectivity index is 1.33. The van der Waals surface area contributed by atoms with Gasteiger partial charge in [-0.1, -0.05) is 41.7 Å². The van der Waals surface area contributed by atoms with Gasteiger partial charge in [0.25, 0.3) is 5.56 Å². The first-order chi connectivity index (χ1) is 19.8. The molecule has 6 rings (SSSR count). The molecule has 1 N–H and O–H groups in total. The third-order valence-electron chi connectivity index (χ3n) is 7.88. The molecule has 4 aromatic rings. The van der Waals surface area contributed by atoms with Gasteiger partial charge < -0.3 is 19.7 Å². The van der Waals surface area contributed by atoms with Crippen molar-refractivity contribution in [3.8, 4) is 11.5 Å². The number of aromatic nitrogens is 3. The Morgan fingerprint density at radius 3 is 2.66 bits per heavy atom. The lowest BCUT2D eigenvalue weighted by Crippen LogP contribution is -2.44. The molecule has 3 heterocycles. The van der Waals surface area contributed by atoms with Crippen molar-refractivity contribution in [3.05, 3.63) is 75.8 Å². The van der Waals surface area contributed by atoms with E-state index in [2.05, 4.69) is 5.32 Å². The maximum Gasteiger partial charge on any atom is 0.281 e. The molecule has 1 saturated carbocycles. The molecule has 2 atom stereocenters. The van der Waals surface area contributed by atoms with Crippen molar-refractivity contribution in [1.82, 2.24) is 19.9 Å². The molecule has 9 nitrogen and oxygen atoms in total. The van der Waals surface area contributed by atoms with Crippen LogP contribution < -0.4 is 25.2 Å². The van der Waals surface area contributed by atoms with E-state index in [1.165, 1.54) is 11.3 Å². The molecule has 1 saturated heterocycles. The Morgan fingerprint density at radius 1 is 1.17 bits per heavy atom. The molecule has 11 heteroatoms. The van der Waals surface area contributed by atoms with Gasteiger partial charge in [0.05, 0.1) is 26.8 Å². The number of ether oxygens (including phenoxy) is 2. The van der Waals surface area contributed by atoms with Gasteiger partial charge in [-0.05, 0) is 50.3 Å². The molecule has 0 spiro atoms. The van der Waals surface area contributed by atoms with Gasteiger partial charge in [0.15, 0.2) is 15.5 Å². The number of anilines is 1. The predicted octanol–water partition coefficient (Wildman–Crippen LogP) is 4.99. The topological polar surface area (TPSA) is 98.6 Å². The Morgan fingerprint density at radius 2 is 1.95 bits per heavy atom. The summed E-state index contributed by atoms with van der Waals surface area (Å²) in [5.41, 5.74) is 1.88. The largest absolute Gasteiger partial charge is 0.497 e. The molecule has 1 aliphatic carbocycles. The predicted molar refractivity (Wildman–Crippen MR) is 160 cm³/mol. The second-order valence-corrected chi connectivity index (χ2v) is 12.3. The van der Waals surface area contributed by atoms with Crippen molar-refractivity contribution in [2.45, 2.75) is 56.1 Å². The van der Waals surface area contributed by atoms with E-state index in [0.29, 0.717) is 40.3 Å². The Bertz CT molecular complexity index is 1650. The summed E-state index contributed by atoms with van der Waals surface area (Å²) in [4.78, 5) is 38.8. The van der Waals surface area contributed by atoms with Gasteiger partial charge in [-0.15, -0.1) is 11.6 Å². The fourth-order valence-corrected chi connectivity index (χ4v) is 6.64. The molecular weight excluding hydrogens is 562 g/mol. The fraction of sp³-hybridized carbons (Fsp3) is 0.400. The first-order valence-corrected chi connectivity index (χ1v) is 14.9. The van der Waals surface area contributed by atoms with Gasteiger partial charge in [0, 0.05) is 18.2 Å². The molecule has 0 radical (unpaired) electrons. The van der Waals surface area contributed by atoms with Crippen LogP contribution in [0.2, 0.25) is 0 Å². The number of nitrogens with one attached hydrogen (secondary N) is 1. The number of alkyl halides is 1. The summed E-state index contributed by atoms with van der Waals surface area (Å²) in [5, 5.41) is 3.78. The molecule has 2 aromatic carbocycles. The van der Waals surface area contributed by atoms with E-state index in [9.17, 15) is 9.59 Å². The monoisotopic (exact) mass is 593 g/mol. The van der Waals surface area contributed by atoms with Crippen LogP contribution in [0.3, 0.4) is 0 Å². The van der Waals surface area contributed by atoms with Crippen LogP contribution in [0.4, 0.5) is 5.13 Å². The second-order valence-electron chi connectivity index (χ2n) is 10.6. The van der Waals surface area contributed by atoms with Gasteiger partial charge in [0.1, 0.15) is 28.2 Å². The highest BCUT2D eigenvalue weighted by atomic mass is 35.5. The summed E-state index contributed by atoms with van der Waals surface area (Å²) in [6.45, 7) is 2.90. The number of hydrogen-bond acceptors (Lipinski definition) is 8. The van der Waals surface area contributed by atoms with Crippen LogP contribution in [0.15, 0.2) is 53.3 Å². The van der Waals surface area contributed by atoms with E-state index in [-0.39, 0.29) is 35.6 Å². The summed E-state index contributed by atoms with van der Waals surface area (Å²) in [7, 11) is 3.18. The van der Waals surface area contributed by atoms with Crippen molar-refractivity contribution >= 4 is 44.3 Å². The molecule has 2 aliphatic rings. The zero-order valence-electron chi connectivity index (χ0n) is 23.2. The standard InChI is InChI=1S/C30H32ClN5O4S/c1-18(19-8-5-4-6-9-19)32-25(37)22-10-7-15-35(22)29-33-24-26(41-29)34-28(30(31)13-14-30)36(27(24)38)17-20-11-12-21(39-2)16-23(20)40-3/h4-6,8-9,11-12,16,18,22H,7,10,13-15,17H2,1-3H3,(H,32,37)/t18-,22?/m1/s1. The van der Waals surface area contributed by atoms with Gasteiger partial charge in [-0.25, -0.2) is 9.97 Å². The normalized spacial score (nSPS) is 18.3. The van der Waals surface area contributed by atoms with Crippen LogP contribution in [0.5, 0.6) is 11.5 Å². The summed E-state index contributed by atoms with van der Waals surface area (Å²) in [5.74, 6) is 1.76. The molecule has 1 amide bonds. The average Bonchev–Trinajstić information content (AvgIpc) is 3.36. The number of carbonyl (C=O) groups is 1. The van der Waals surface area contributed by atoms with E-state index in [1.807, 2.05) is 54.3 Å². The number of methoxy groups -OCH3 is 2. The van der Waals surface area contributed by atoms with Crippen LogP contribution >= 0.6 is 22.9 Å². The second kappa shape index (κ2) is 11.0. The average molecular weight is 594 g/mol. The van der Waals surface area contributed by atoms with E-state index in [4.69, 9.17) is 31.0 Å². The Labute approximate surface area is 247 Å². The SMILES string of the molecule is COc1ccc(Cn2c(C3(Cl)CC3)nc3sc(N4CCCC4C(=O)N[C@H](C)c4ccccc4)nc3c2=O)c(OC)c1. The van der Waals surface area contributed by atoms with Crippen molar-refractivity contribution in [3.63, 3.8) is 0 Å². The molecule has 2 fully saturated rings. The lowest BCUT2D eigenvalue weighted by molar-refractivity contribution is -0.122. The lowest BCUT2D eigenvalue weighted by Gasteiger charge is -2.25. The summed E-state index contributed by atoms with van der Waals surface area (Å²) in [6.07, 6.45) is 3.06. The maximum absolute atomic E-state index is 13.9. The van der Waals surface area contributed by atoms with Crippen molar-refractivity contribution in [1.29, 1.82) is 0 Å². The van der Waals surface area contributed by atoms with Gasteiger partial charge in [-0.3, -0.25) is 14.2 Å². The molecular formula is C30H32ClN5O4S. The molecule has 1 aliphatic heterocycles. The lowest BCUT2D eigenvalue weighted by atomic mass is 10.1. The number of hydrogen-bond donors (Lipinski definition) is 1. The first-order valence-electron chi connectivity index (χ1n) is 13.7. The Kier molecular flexibility index (Phi) is 7.37. The van der Waals surface area contributed by atoms with Crippen LogP contribution in [-0.2, 0) is 16.2 Å². The molecule has 0 bridgehead atoms. The maximum atomic E-state index is 13.9. The molecule has 41 heavy (non-hydrogen) atoms. The van der Waals surface area contributed by atoms with E-state index in [1.54, 1.807) is 24.9 Å². The fourth-order valence-electron chi connectivity index (χ4n) is 5.40. The molecule has 1 unspecified atom stereocenters. The minimum absolute atomic E-state index is 0.0477. The quantitative estimate of drug-likeness (QED) is 0.273. The highest BCUT2D eigenvalue weighted by Crippen LogP contribution is 2.51. The van der Waals surface area contributed by atoms with Crippen LogP contribution in [0, 0.1) is 0 Å². The number of benzene rings is 2. The minimum atomic E-state index is -0.680. The minimum Gasteiger partial charge on any atom is -0.497 e. The van der Waals surface area contributed by atoms with Crippen LogP contribution in [0.25, 0.3) is 10.3 Å². The van der Waals surface area contributed by atoms with E-state index in [0.717, 1.165) is 30.4 Å². The summed E-state index contributed by atoms with van der Waals surface area (Å²) >= 11 is 8.22. The number of carbonyl (C=O) groups excluding carboxylic acids is 1. The van der Waals surface area contributed by atoms with Gasteiger partial charge in [-0.2, -0.15) is 0 Å². The smallest absolute Gasteiger partial charge is 0.281 e. The number of fused-ring (bicyclic) bond motifs is 1. The first kappa shape index (κ1) is 27.5. The Hall–Kier alpha value is -3.63. The molecule has 2 aromatic heterocycles. The summed E-state index contributed by atoms with van der Waals surface area (Å²) < 4.78 is 12.5. The van der Waals surface area contributed by atoms with E-state index >= 15 is 0 Å². The van der Waals surface area contributed by atoms with E-state index < -0.39 is 4.87 Å². The van der Waals surface area contributed by atoms with Gasteiger partial charge >= 0.3 is 0 Å².